The fraction of sp³-hybridized carbons (Fsp3) is 0. The molecule has 2 nitrogen and oxygen atoms in total. The van der Waals surface area contributed by atoms with Crippen LogP contribution < -0.4 is 0 Å². The number of hydrogen-bond acceptors (Lipinski definition) is 2. The van der Waals surface area contributed by atoms with E-state index in [0.29, 0.717) is 0 Å². The Balaban J connectivity index is 2.33. The Hall–Kier alpha value is -2.74. The van der Waals surface area contributed by atoms with Crippen molar-refractivity contribution in [2.24, 2.45) is 0 Å². The van der Waals surface area contributed by atoms with Gasteiger partial charge in [-0.1, -0.05) is 54.6 Å². The van der Waals surface area contributed by atoms with Gasteiger partial charge in [-0.3, -0.25) is 0 Å². The first kappa shape index (κ1) is 10.1. The van der Waals surface area contributed by atoms with Crippen LogP contribution in [0.2, 0.25) is 0 Å². The zero-order valence-electron chi connectivity index (χ0n) is 10.7. The van der Waals surface area contributed by atoms with Crippen LogP contribution >= 0.6 is 0 Å². The molecule has 1 heterocycles. The SMILES string of the molecule is c1ccc2c(c1)c1cccc3ccc4cnnc2c4c31. The number of fused-ring (bicyclic) bond motifs is 3. The van der Waals surface area contributed by atoms with Gasteiger partial charge in [-0.05, 0) is 21.5 Å². The van der Waals surface area contributed by atoms with E-state index in [2.05, 4.69) is 64.8 Å². The molecular formula is C18H10N2. The van der Waals surface area contributed by atoms with E-state index in [-0.39, 0.29) is 0 Å². The normalized spacial score (nSPS) is 12.0. The molecule has 0 aliphatic heterocycles. The molecule has 0 amide bonds. The quantitative estimate of drug-likeness (QED) is 0.300. The van der Waals surface area contributed by atoms with E-state index in [9.17, 15) is 0 Å². The minimum Gasteiger partial charge on any atom is -0.158 e. The lowest BCUT2D eigenvalue weighted by Gasteiger charge is -2.12. The second kappa shape index (κ2) is 3.42. The average molecular weight is 254 g/mol. The summed E-state index contributed by atoms with van der Waals surface area (Å²) in [4.78, 5) is 0. The van der Waals surface area contributed by atoms with Gasteiger partial charge < -0.3 is 0 Å². The van der Waals surface area contributed by atoms with Gasteiger partial charge in [0.05, 0.1) is 6.20 Å². The summed E-state index contributed by atoms with van der Waals surface area (Å²) >= 11 is 0. The second-order valence-corrected chi connectivity index (χ2v) is 5.17. The monoisotopic (exact) mass is 254 g/mol. The van der Waals surface area contributed by atoms with Crippen molar-refractivity contribution in [3.05, 3.63) is 60.8 Å². The molecule has 2 heteroatoms. The molecule has 5 rings (SSSR count). The van der Waals surface area contributed by atoms with Crippen LogP contribution in [0.5, 0.6) is 0 Å². The predicted molar refractivity (Wildman–Crippen MR) is 83.2 cm³/mol. The number of nitrogens with zero attached hydrogens (tertiary/aromatic N) is 2. The predicted octanol–water partition coefficient (Wildman–Crippen LogP) is 4.53. The topological polar surface area (TPSA) is 25.8 Å². The molecular weight excluding hydrogens is 244 g/mol. The summed E-state index contributed by atoms with van der Waals surface area (Å²) < 4.78 is 0. The van der Waals surface area contributed by atoms with Crippen molar-refractivity contribution in [2.75, 3.05) is 0 Å². The minimum absolute atomic E-state index is 1.00. The van der Waals surface area contributed by atoms with Crippen molar-refractivity contribution in [1.29, 1.82) is 0 Å². The highest BCUT2D eigenvalue weighted by Gasteiger charge is 2.13. The van der Waals surface area contributed by atoms with Gasteiger partial charge in [-0.15, -0.1) is 5.10 Å². The molecule has 0 saturated heterocycles. The highest BCUT2D eigenvalue weighted by atomic mass is 15.1. The van der Waals surface area contributed by atoms with E-state index >= 15 is 0 Å². The van der Waals surface area contributed by atoms with Gasteiger partial charge in [0.1, 0.15) is 5.52 Å². The molecule has 0 unspecified atom stereocenters. The standard InChI is InChI=1S/C18H10N2/c1-2-6-15-13(5-1)14-7-3-4-11-8-9-12-10-19-20-18(15)17(12)16(11)14/h1-10H. The fourth-order valence-electron chi connectivity index (χ4n) is 3.29. The van der Waals surface area contributed by atoms with E-state index < -0.39 is 0 Å². The van der Waals surface area contributed by atoms with Gasteiger partial charge in [-0.25, -0.2) is 0 Å². The molecule has 0 radical (unpaired) electrons. The minimum atomic E-state index is 1.00. The van der Waals surface area contributed by atoms with Crippen LogP contribution in [0.4, 0.5) is 0 Å². The molecule has 4 aromatic carbocycles. The molecule has 0 aliphatic carbocycles. The largest absolute Gasteiger partial charge is 0.158 e. The van der Waals surface area contributed by atoms with Crippen molar-refractivity contribution in [3.63, 3.8) is 0 Å². The Morgan fingerprint density at radius 2 is 1.40 bits per heavy atom. The van der Waals surface area contributed by atoms with Crippen LogP contribution in [0, 0.1) is 0 Å². The third-order valence-electron chi connectivity index (χ3n) is 4.14. The third-order valence-corrected chi connectivity index (χ3v) is 4.14. The van der Waals surface area contributed by atoms with Crippen molar-refractivity contribution < 1.29 is 0 Å². The summed E-state index contributed by atoms with van der Waals surface area (Å²) in [5.74, 6) is 0. The summed E-state index contributed by atoms with van der Waals surface area (Å²) in [6.45, 7) is 0. The van der Waals surface area contributed by atoms with Crippen molar-refractivity contribution in [1.82, 2.24) is 10.2 Å². The van der Waals surface area contributed by atoms with Crippen LogP contribution in [0.1, 0.15) is 0 Å². The van der Waals surface area contributed by atoms with E-state index in [0.717, 1.165) is 10.9 Å². The van der Waals surface area contributed by atoms with Crippen LogP contribution in [0.3, 0.4) is 0 Å². The second-order valence-electron chi connectivity index (χ2n) is 5.17. The molecule has 5 aromatic rings. The summed E-state index contributed by atoms with van der Waals surface area (Å²) in [6.07, 6.45) is 1.85. The Morgan fingerprint density at radius 1 is 0.600 bits per heavy atom. The van der Waals surface area contributed by atoms with Gasteiger partial charge in [0.2, 0.25) is 0 Å². The van der Waals surface area contributed by atoms with Gasteiger partial charge in [0.15, 0.2) is 0 Å². The Kier molecular flexibility index (Phi) is 1.73. The number of hydrogen-bond donors (Lipinski definition) is 0. The van der Waals surface area contributed by atoms with Crippen LogP contribution in [-0.4, -0.2) is 10.2 Å². The number of aromatic nitrogens is 2. The third kappa shape index (κ3) is 1.09. The number of benzene rings is 4. The maximum Gasteiger partial charge on any atom is 0.102 e. The maximum atomic E-state index is 4.41. The van der Waals surface area contributed by atoms with Crippen LogP contribution in [0.15, 0.2) is 60.8 Å². The summed E-state index contributed by atoms with van der Waals surface area (Å²) in [6, 6.07) is 19.2. The highest BCUT2D eigenvalue weighted by Crippen LogP contribution is 2.38. The molecule has 0 spiro atoms. The molecule has 0 saturated carbocycles. The molecule has 20 heavy (non-hydrogen) atoms. The summed E-state index contributed by atoms with van der Waals surface area (Å²) in [5, 5.41) is 17.2. The maximum absolute atomic E-state index is 4.41. The number of rotatable bonds is 0. The summed E-state index contributed by atoms with van der Waals surface area (Å²) in [5.41, 5.74) is 1.00. The van der Waals surface area contributed by atoms with Crippen molar-refractivity contribution in [3.8, 4) is 0 Å². The first-order valence-corrected chi connectivity index (χ1v) is 6.70. The first-order valence-electron chi connectivity index (χ1n) is 6.70. The van der Waals surface area contributed by atoms with Crippen molar-refractivity contribution in [2.45, 2.75) is 0 Å². The molecule has 0 fully saturated rings. The molecule has 0 aliphatic rings. The van der Waals surface area contributed by atoms with E-state index in [1.165, 1.54) is 32.3 Å². The lowest BCUT2D eigenvalue weighted by atomic mass is 9.92. The summed E-state index contributed by atoms with van der Waals surface area (Å²) in [7, 11) is 0. The first-order chi connectivity index (χ1) is 9.93. The Bertz CT molecular complexity index is 1010. The average Bonchev–Trinajstić information content (AvgIpc) is 2.53. The van der Waals surface area contributed by atoms with Gasteiger partial charge >= 0.3 is 0 Å². The fourth-order valence-corrected chi connectivity index (χ4v) is 3.29. The smallest absolute Gasteiger partial charge is 0.102 e. The molecule has 92 valence electrons. The molecule has 0 bridgehead atoms. The van der Waals surface area contributed by atoms with Crippen LogP contribution in [-0.2, 0) is 0 Å². The van der Waals surface area contributed by atoms with E-state index in [1.807, 2.05) is 6.20 Å². The zero-order chi connectivity index (χ0) is 13.1. The zero-order valence-corrected chi connectivity index (χ0v) is 10.7. The lowest BCUT2D eigenvalue weighted by molar-refractivity contribution is 1.09. The molecule has 1 aromatic heterocycles. The van der Waals surface area contributed by atoms with Crippen LogP contribution in [0.25, 0.3) is 43.2 Å². The molecule has 0 atom stereocenters. The Labute approximate surface area is 115 Å². The van der Waals surface area contributed by atoms with E-state index in [4.69, 9.17) is 0 Å². The van der Waals surface area contributed by atoms with Gasteiger partial charge in [0, 0.05) is 16.2 Å². The van der Waals surface area contributed by atoms with Crippen molar-refractivity contribution >= 4 is 43.2 Å². The van der Waals surface area contributed by atoms with E-state index in [1.54, 1.807) is 0 Å². The highest BCUT2D eigenvalue weighted by molar-refractivity contribution is 6.32. The Morgan fingerprint density at radius 3 is 2.35 bits per heavy atom. The molecule has 0 N–H and O–H groups in total. The van der Waals surface area contributed by atoms with Gasteiger partial charge in [-0.2, -0.15) is 5.10 Å². The van der Waals surface area contributed by atoms with Gasteiger partial charge in [0.25, 0.3) is 0 Å². The lowest BCUT2D eigenvalue weighted by Crippen LogP contribution is -1.90.